The van der Waals surface area contributed by atoms with E-state index in [0.717, 1.165) is 32.0 Å². The van der Waals surface area contributed by atoms with Gasteiger partial charge in [-0.1, -0.05) is 12.1 Å². The van der Waals surface area contributed by atoms with Crippen molar-refractivity contribution in [2.45, 2.75) is 13.0 Å². The van der Waals surface area contributed by atoms with Crippen molar-refractivity contribution in [3.8, 4) is 5.75 Å². The molecule has 0 amide bonds. The van der Waals surface area contributed by atoms with Crippen LogP contribution in [0.15, 0.2) is 24.3 Å². The number of para-hydroxylation sites is 2. The van der Waals surface area contributed by atoms with Crippen LogP contribution < -0.4 is 15.0 Å². The summed E-state index contributed by atoms with van der Waals surface area (Å²) in [5.74, 6) is 0.961. The summed E-state index contributed by atoms with van der Waals surface area (Å²) in [6, 6.07) is 8.60. The molecule has 0 aromatic heterocycles. The van der Waals surface area contributed by atoms with Gasteiger partial charge in [-0.15, -0.1) is 0 Å². The average molecular weight is 250 g/mol. The summed E-state index contributed by atoms with van der Waals surface area (Å²) in [5.41, 5.74) is 1.17. The smallest absolute Gasteiger partial charge is 0.142 e. The van der Waals surface area contributed by atoms with Gasteiger partial charge in [0.2, 0.25) is 0 Å². The lowest BCUT2D eigenvalue weighted by Crippen LogP contribution is -2.53. The molecule has 4 nitrogen and oxygen atoms in total. The minimum Gasteiger partial charge on any atom is -0.492 e. The van der Waals surface area contributed by atoms with Gasteiger partial charge in [0, 0.05) is 26.7 Å². The van der Waals surface area contributed by atoms with Crippen LogP contribution in [0.3, 0.4) is 0 Å². The summed E-state index contributed by atoms with van der Waals surface area (Å²) in [7, 11) is 1.75. The standard InChI is InChI=1S/C14H22N2O2/c1-3-18-14-7-5-4-6-13(14)16-9-8-15-10-12(16)11-17-2/h4-7,12,15H,3,8-11H2,1-2H3. The number of benzene rings is 1. The fourth-order valence-corrected chi connectivity index (χ4v) is 2.39. The second-order valence-electron chi connectivity index (χ2n) is 4.41. The highest BCUT2D eigenvalue weighted by atomic mass is 16.5. The van der Waals surface area contributed by atoms with Crippen molar-refractivity contribution in [3.63, 3.8) is 0 Å². The number of nitrogens with one attached hydrogen (secondary N) is 1. The van der Waals surface area contributed by atoms with Crippen molar-refractivity contribution in [3.05, 3.63) is 24.3 Å². The Morgan fingerprint density at radius 1 is 1.39 bits per heavy atom. The van der Waals surface area contributed by atoms with E-state index in [1.807, 2.05) is 19.1 Å². The van der Waals surface area contributed by atoms with Crippen molar-refractivity contribution in [2.75, 3.05) is 44.9 Å². The first kappa shape index (κ1) is 13.2. The first-order chi connectivity index (χ1) is 8.86. The number of anilines is 1. The second kappa shape index (κ2) is 6.61. The van der Waals surface area contributed by atoms with E-state index in [0.29, 0.717) is 12.6 Å². The molecule has 0 aliphatic carbocycles. The molecule has 1 N–H and O–H groups in total. The Hall–Kier alpha value is -1.26. The highest BCUT2D eigenvalue weighted by molar-refractivity contribution is 5.59. The molecule has 1 atom stereocenters. The number of nitrogens with zero attached hydrogens (tertiary/aromatic N) is 1. The van der Waals surface area contributed by atoms with E-state index in [2.05, 4.69) is 22.3 Å². The predicted molar refractivity (Wildman–Crippen MR) is 73.5 cm³/mol. The lowest BCUT2D eigenvalue weighted by Gasteiger charge is -2.38. The first-order valence-electron chi connectivity index (χ1n) is 6.55. The van der Waals surface area contributed by atoms with E-state index in [4.69, 9.17) is 9.47 Å². The minimum atomic E-state index is 0.366. The maximum atomic E-state index is 5.71. The molecular weight excluding hydrogens is 228 g/mol. The molecule has 18 heavy (non-hydrogen) atoms. The molecule has 0 bridgehead atoms. The zero-order valence-corrected chi connectivity index (χ0v) is 11.2. The van der Waals surface area contributed by atoms with Gasteiger partial charge in [-0.3, -0.25) is 0 Å². The molecule has 0 radical (unpaired) electrons. The molecule has 100 valence electrons. The number of hydrogen-bond acceptors (Lipinski definition) is 4. The van der Waals surface area contributed by atoms with Crippen LogP contribution >= 0.6 is 0 Å². The van der Waals surface area contributed by atoms with Crippen molar-refractivity contribution in [2.24, 2.45) is 0 Å². The van der Waals surface area contributed by atoms with E-state index in [1.165, 1.54) is 5.69 Å². The zero-order chi connectivity index (χ0) is 12.8. The van der Waals surface area contributed by atoms with Crippen LogP contribution in [0.4, 0.5) is 5.69 Å². The molecule has 4 heteroatoms. The number of piperazine rings is 1. The summed E-state index contributed by atoms with van der Waals surface area (Å²) < 4.78 is 11.0. The van der Waals surface area contributed by atoms with E-state index < -0.39 is 0 Å². The Kier molecular flexibility index (Phi) is 4.84. The monoisotopic (exact) mass is 250 g/mol. The summed E-state index contributed by atoms with van der Waals surface area (Å²) in [6.45, 7) is 6.37. The van der Waals surface area contributed by atoms with Gasteiger partial charge >= 0.3 is 0 Å². The third-order valence-electron chi connectivity index (χ3n) is 3.18. The number of hydrogen-bond donors (Lipinski definition) is 1. The maximum absolute atomic E-state index is 5.71. The van der Waals surface area contributed by atoms with Gasteiger partial charge in [0.05, 0.1) is 24.9 Å². The second-order valence-corrected chi connectivity index (χ2v) is 4.41. The predicted octanol–water partition coefficient (Wildman–Crippen LogP) is 1.51. The molecule has 1 aliphatic rings. The minimum absolute atomic E-state index is 0.366. The molecule has 0 saturated carbocycles. The van der Waals surface area contributed by atoms with Gasteiger partial charge in [0.1, 0.15) is 5.75 Å². The Bertz CT molecular complexity index is 369. The SMILES string of the molecule is CCOc1ccccc1N1CCNCC1COC. The van der Waals surface area contributed by atoms with Crippen LogP contribution in [0.5, 0.6) is 5.75 Å². The lowest BCUT2D eigenvalue weighted by atomic mass is 10.1. The largest absolute Gasteiger partial charge is 0.492 e. The summed E-state index contributed by atoms with van der Waals surface area (Å²) in [6.07, 6.45) is 0. The third-order valence-corrected chi connectivity index (χ3v) is 3.18. The molecule has 1 heterocycles. The van der Waals surface area contributed by atoms with E-state index >= 15 is 0 Å². The summed E-state index contributed by atoms with van der Waals surface area (Å²) >= 11 is 0. The van der Waals surface area contributed by atoms with Gasteiger partial charge in [0.25, 0.3) is 0 Å². The van der Waals surface area contributed by atoms with Crippen molar-refractivity contribution in [1.29, 1.82) is 0 Å². The van der Waals surface area contributed by atoms with E-state index in [1.54, 1.807) is 7.11 Å². The van der Waals surface area contributed by atoms with Gasteiger partial charge < -0.3 is 19.7 Å². The molecule has 1 unspecified atom stereocenters. The van der Waals surface area contributed by atoms with Gasteiger partial charge in [-0.05, 0) is 19.1 Å². The van der Waals surface area contributed by atoms with Crippen LogP contribution in [0.2, 0.25) is 0 Å². The third kappa shape index (κ3) is 2.94. The quantitative estimate of drug-likeness (QED) is 0.859. The lowest BCUT2D eigenvalue weighted by molar-refractivity contribution is 0.170. The molecule has 1 saturated heterocycles. The fourth-order valence-electron chi connectivity index (χ4n) is 2.39. The first-order valence-corrected chi connectivity index (χ1v) is 6.55. The van der Waals surface area contributed by atoms with Crippen LogP contribution in [0.1, 0.15) is 6.92 Å². The van der Waals surface area contributed by atoms with Crippen molar-refractivity contribution in [1.82, 2.24) is 5.32 Å². The molecular formula is C14H22N2O2. The highest BCUT2D eigenvalue weighted by Gasteiger charge is 2.24. The van der Waals surface area contributed by atoms with Crippen LogP contribution in [-0.4, -0.2) is 46.0 Å². The van der Waals surface area contributed by atoms with Crippen molar-refractivity contribution < 1.29 is 9.47 Å². The highest BCUT2D eigenvalue weighted by Crippen LogP contribution is 2.30. The van der Waals surface area contributed by atoms with Gasteiger partial charge in [0.15, 0.2) is 0 Å². The summed E-state index contributed by atoms with van der Waals surface area (Å²) in [5, 5.41) is 3.41. The van der Waals surface area contributed by atoms with E-state index in [-0.39, 0.29) is 0 Å². The van der Waals surface area contributed by atoms with E-state index in [9.17, 15) is 0 Å². The Labute approximate surface area is 109 Å². The van der Waals surface area contributed by atoms with Gasteiger partial charge in [-0.25, -0.2) is 0 Å². The summed E-state index contributed by atoms with van der Waals surface area (Å²) in [4.78, 5) is 2.38. The molecule has 0 spiro atoms. The molecule has 1 aromatic rings. The van der Waals surface area contributed by atoms with Crippen LogP contribution in [-0.2, 0) is 4.74 Å². The van der Waals surface area contributed by atoms with Crippen LogP contribution in [0.25, 0.3) is 0 Å². The normalized spacial score (nSPS) is 19.9. The number of rotatable bonds is 5. The Morgan fingerprint density at radius 2 is 2.22 bits per heavy atom. The van der Waals surface area contributed by atoms with Gasteiger partial charge in [-0.2, -0.15) is 0 Å². The topological polar surface area (TPSA) is 33.7 Å². The molecule has 1 fully saturated rings. The Balaban J connectivity index is 2.21. The molecule has 1 aromatic carbocycles. The maximum Gasteiger partial charge on any atom is 0.142 e. The average Bonchev–Trinajstić information content (AvgIpc) is 2.41. The zero-order valence-electron chi connectivity index (χ0n) is 11.2. The molecule has 1 aliphatic heterocycles. The fraction of sp³-hybridized carbons (Fsp3) is 0.571. The number of ether oxygens (including phenoxy) is 2. The van der Waals surface area contributed by atoms with Crippen molar-refractivity contribution >= 4 is 5.69 Å². The molecule has 2 rings (SSSR count). The Morgan fingerprint density at radius 3 is 3.00 bits per heavy atom. The van der Waals surface area contributed by atoms with Crippen LogP contribution in [0, 0.1) is 0 Å². The number of methoxy groups -OCH3 is 1.